The molecule has 1 heterocycles. The van der Waals surface area contributed by atoms with E-state index in [4.69, 9.17) is 15.2 Å². The number of aliphatic hydroxyl groups excluding tert-OH is 1. The van der Waals surface area contributed by atoms with Crippen LogP contribution in [0.4, 0.5) is 4.79 Å². The fourth-order valence-corrected chi connectivity index (χ4v) is 6.11. The molecule has 0 spiro atoms. The molecule has 2 amide bonds. The van der Waals surface area contributed by atoms with Gasteiger partial charge in [-0.1, -0.05) is 64.1 Å². The summed E-state index contributed by atoms with van der Waals surface area (Å²) in [6, 6.07) is 6.76. The number of primary amides is 1. The number of hydrogen-bond donors (Lipinski definition) is 3. The summed E-state index contributed by atoms with van der Waals surface area (Å²) in [7, 11) is 1.54. The molecule has 9 heteroatoms. The summed E-state index contributed by atoms with van der Waals surface area (Å²) in [4.78, 5) is 53.1. The van der Waals surface area contributed by atoms with Crippen LogP contribution in [0.3, 0.4) is 0 Å². The zero-order valence-electron chi connectivity index (χ0n) is 27.5. The molecular formula is C36H46N2O7. The molecule has 3 rings (SSSR count). The van der Waals surface area contributed by atoms with Gasteiger partial charge in [-0.2, -0.15) is 0 Å². The summed E-state index contributed by atoms with van der Waals surface area (Å²) in [6.07, 6.45) is 5.49. The van der Waals surface area contributed by atoms with Crippen LogP contribution in [-0.4, -0.2) is 48.0 Å². The lowest BCUT2D eigenvalue weighted by Gasteiger charge is -2.29. The topological polar surface area (TPSA) is 145 Å². The monoisotopic (exact) mass is 618 g/mol. The number of hydrogen-bond acceptors (Lipinski definition) is 7. The molecule has 6 atom stereocenters. The number of carbonyl (C=O) groups excluding carboxylic acids is 4. The second kappa shape index (κ2) is 15.2. The van der Waals surface area contributed by atoms with Crippen molar-refractivity contribution in [2.45, 2.75) is 73.5 Å². The molecule has 0 saturated carbocycles. The normalized spacial score (nSPS) is 30.6. The number of methoxy groups -OCH3 is 1. The van der Waals surface area contributed by atoms with Crippen LogP contribution in [0.5, 0.6) is 5.75 Å². The molecule has 2 bridgehead atoms. The zero-order valence-corrected chi connectivity index (χ0v) is 27.5. The van der Waals surface area contributed by atoms with Gasteiger partial charge in [0, 0.05) is 28.6 Å². The summed E-state index contributed by atoms with van der Waals surface area (Å²) < 4.78 is 10.7. The van der Waals surface area contributed by atoms with Gasteiger partial charge in [0.1, 0.15) is 17.6 Å². The number of ether oxygens (including phenoxy) is 2. The lowest BCUT2D eigenvalue weighted by Crippen LogP contribution is -2.35. The summed E-state index contributed by atoms with van der Waals surface area (Å²) in [5.74, 6) is -1.49. The Morgan fingerprint density at radius 3 is 2.22 bits per heavy atom. The van der Waals surface area contributed by atoms with E-state index in [1.165, 1.54) is 7.11 Å². The first-order valence-electron chi connectivity index (χ1n) is 15.3. The molecular weight excluding hydrogens is 572 g/mol. The quantitative estimate of drug-likeness (QED) is 0.295. The summed E-state index contributed by atoms with van der Waals surface area (Å²) in [5.41, 5.74) is 7.65. The predicted octanol–water partition coefficient (Wildman–Crippen LogP) is 5.60. The first kappa shape index (κ1) is 35.2. The Morgan fingerprint density at radius 1 is 0.978 bits per heavy atom. The third-order valence-electron chi connectivity index (χ3n) is 8.65. The van der Waals surface area contributed by atoms with Crippen molar-refractivity contribution < 1.29 is 33.8 Å². The number of fused-ring (bicyclic) bond motifs is 2. The van der Waals surface area contributed by atoms with Crippen molar-refractivity contribution in [3.63, 3.8) is 0 Å². The van der Waals surface area contributed by atoms with Crippen molar-refractivity contribution in [2.24, 2.45) is 29.4 Å². The molecule has 45 heavy (non-hydrogen) atoms. The highest BCUT2D eigenvalue weighted by Crippen LogP contribution is 2.35. The molecule has 1 aromatic carbocycles. The smallest absolute Gasteiger partial charge is 0.405 e. The van der Waals surface area contributed by atoms with Crippen molar-refractivity contribution in [3.05, 3.63) is 82.1 Å². The van der Waals surface area contributed by atoms with E-state index in [2.05, 4.69) is 5.32 Å². The zero-order chi connectivity index (χ0) is 33.6. The molecule has 242 valence electrons. The van der Waals surface area contributed by atoms with Crippen molar-refractivity contribution in [1.29, 1.82) is 0 Å². The average Bonchev–Trinajstić information content (AvgIpc) is 2.99. The number of rotatable bonds is 3. The van der Waals surface area contributed by atoms with Crippen molar-refractivity contribution in [2.75, 3.05) is 7.11 Å². The highest BCUT2D eigenvalue weighted by atomic mass is 16.6. The predicted molar refractivity (Wildman–Crippen MR) is 174 cm³/mol. The van der Waals surface area contributed by atoms with Crippen LogP contribution in [0.1, 0.15) is 66.9 Å². The van der Waals surface area contributed by atoms with Gasteiger partial charge in [-0.05, 0) is 68.7 Å². The van der Waals surface area contributed by atoms with Crippen LogP contribution in [0.2, 0.25) is 0 Å². The lowest BCUT2D eigenvalue weighted by molar-refractivity contribution is -0.119. The van der Waals surface area contributed by atoms with E-state index >= 15 is 0 Å². The van der Waals surface area contributed by atoms with Gasteiger partial charge in [-0.25, -0.2) is 4.79 Å². The van der Waals surface area contributed by atoms with Crippen LogP contribution in [0.25, 0.3) is 5.57 Å². The maximum absolute atomic E-state index is 14.1. The van der Waals surface area contributed by atoms with Gasteiger partial charge >= 0.3 is 6.09 Å². The van der Waals surface area contributed by atoms with Gasteiger partial charge < -0.3 is 25.6 Å². The second-order valence-electron chi connectivity index (χ2n) is 12.4. The molecule has 9 nitrogen and oxygen atoms in total. The number of aliphatic hydroxyl groups is 1. The number of amides is 2. The second-order valence-corrected chi connectivity index (χ2v) is 12.4. The average molecular weight is 619 g/mol. The van der Waals surface area contributed by atoms with E-state index < -0.39 is 30.0 Å². The standard InChI is InChI=1S/C36H46N2O7/c1-19-16-22(4)31(39)23(5)18-24(6)34(45-36(37)43)20(2)10-9-11-21(3)35(42)38-30-29(26-12-14-27(44-8)15-13-26)32(40)25(7)28(17-19)33(30)41/h9-15,18-20,22-23,31,34,39H,16-17H2,1-8H3,(H2,37,43)(H,38,42)/b10-9-,21-11+,24-18+/t19-,20-,22-,23-,31-,34+/m0/s1. The van der Waals surface area contributed by atoms with Crippen LogP contribution in [0, 0.1) is 23.7 Å². The van der Waals surface area contributed by atoms with Crippen LogP contribution in [0.15, 0.2) is 76.6 Å². The maximum atomic E-state index is 14.1. The van der Waals surface area contributed by atoms with E-state index in [1.807, 2.05) is 40.7 Å². The number of Topliss-reactive ketones (excluding diaryl/α,β-unsaturated/α-hetero) is 2. The number of ketones is 2. The van der Waals surface area contributed by atoms with Crippen LogP contribution in [-0.2, 0) is 19.1 Å². The molecule has 1 aromatic rings. The molecule has 0 fully saturated rings. The van der Waals surface area contributed by atoms with E-state index in [9.17, 15) is 24.3 Å². The molecule has 0 saturated heterocycles. The largest absolute Gasteiger partial charge is 0.497 e. The molecule has 2 aliphatic rings. The first-order chi connectivity index (χ1) is 21.2. The number of nitrogens with two attached hydrogens (primary N) is 1. The third-order valence-corrected chi connectivity index (χ3v) is 8.65. The molecule has 4 N–H and O–H groups in total. The Balaban J connectivity index is 2.14. The van der Waals surface area contributed by atoms with E-state index in [-0.39, 0.29) is 40.7 Å². The van der Waals surface area contributed by atoms with Crippen molar-refractivity contribution in [1.82, 2.24) is 5.32 Å². The number of benzene rings is 1. The summed E-state index contributed by atoms with van der Waals surface area (Å²) >= 11 is 0. The fourth-order valence-electron chi connectivity index (χ4n) is 6.11. The Labute approximate surface area is 265 Å². The molecule has 0 unspecified atom stereocenters. The van der Waals surface area contributed by atoms with Crippen LogP contribution < -0.4 is 15.8 Å². The van der Waals surface area contributed by atoms with Gasteiger partial charge in [0.25, 0.3) is 5.91 Å². The van der Waals surface area contributed by atoms with E-state index in [0.717, 1.165) is 5.57 Å². The Hall–Kier alpha value is -4.24. The van der Waals surface area contributed by atoms with Gasteiger partial charge in [0.05, 0.1) is 18.8 Å². The number of allylic oxidation sites excluding steroid dienone is 5. The van der Waals surface area contributed by atoms with E-state index in [0.29, 0.717) is 40.9 Å². The highest BCUT2D eigenvalue weighted by molar-refractivity contribution is 6.39. The fraction of sp³-hybridized carbons (Fsp3) is 0.444. The minimum atomic E-state index is -0.913. The minimum absolute atomic E-state index is 0.0630. The van der Waals surface area contributed by atoms with Gasteiger partial charge in [-0.3, -0.25) is 14.4 Å². The highest BCUT2D eigenvalue weighted by Gasteiger charge is 2.35. The molecule has 0 radical (unpaired) electrons. The summed E-state index contributed by atoms with van der Waals surface area (Å²) in [6.45, 7) is 12.8. The summed E-state index contributed by atoms with van der Waals surface area (Å²) in [5, 5.41) is 14.0. The van der Waals surface area contributed by atoms with Gasteiger partial charge in [-0.15, -0.1) is 0 Å². The minimum Gasteiger partial charge on any atom is -0.497 e. The Bertz CT molecular complexity index is 1480. The van der Waals surface area contributed by atoms with Gasteiger partial charge in [0.15, 0.2) is 5.78 Å². The molecule has 1 aliphatic heterocycles. The molecule has 1 aliphatic carbocycles. The molecule has 0 aromatic heterocycles. The van der Waals surface area contributed by atoms with Crippen LogP contribution >= 0.6 is 0 Å². The van der Waals surface area contributed by atoms with Gasteiger partial charge in [0.2, 0.25) is 5.78 Å². The van der Waals surface area contributed by atoms with E-state index in [1.54, 1.807) is 56.3 Å². The third kappa shape index (κ3) is 8.48. The van der Waals surface area contributed by atoms with Crippen molar-refractivity contribution >= 4 is 29.1 Å². The SMILES string of the molecule is COc1ccc(C2=C3NC(=O)/C(C)=C/C=C\[C@H](C)[C@@H](OC(N)=O)/C(C)=C/[C@H](C)[C@@H](O)[C@@H](C)C[C@H](C)CC(=C(C)C2=O)C3=O)cc1. The Morgan fingerprint density at radius 2 is 1.62 bits per heavy atom. The number of carbonyl (C=O) groups is 4. The maximum Gasteiger partial charge on any atom is 0.405 e. The first-order valence-corrected chi connectivity index (χ1v) is 15.3. The lowest BCUT2D eigenvalue weighted by atomic mass is 9.78. The Kier molecular flexibility index (Phi) is 11.9. The number of nitrogens with one attached hydrogen (secondary N) is 1. The van der Waals surface area contributed by atoms with Crippen molar-refractivity contribution in [3.8, 4) is 5.75 Å².